The second-order valence-electron chi connectivity index (χ2n) is 4.48. The van der Waals surface area contributed by atoms with E-state index in [0.717, 1.165) is 18.4 Å². The SMILES string of the molecule is CC1(C#N)CCN(C(=O)c2ccsc2)CC1. The number of piperidine rings is 1. The van der Waals surface area contributed by atoms with Crippen molar-refractivity contribution in [2.75, 3.05) is 13.1 Å². The maximum atomic E-state index is 12.0. The van der Waals surface area contributed by atoms with Crippen LogP contribution in [0.5, 0.6) is 0 Å². The summed E-state index contributed by atoms with van der Waals surface area (Å²) in [6.07, 6.45) is 1.55. The minimum atomic E-state index is -0.245. The van der Waals surface area contributed by atoms with E-state index in [9.17, 15) is 4.79 Å². The fraction of sp³-hybridized carbons (Fsp3) is 0.500. The van der Waals surface area contributed by atoms with Crippen molar-refractivity contribution in [1.29, 1.82) is 5.26 Å². The fourth-order valence-electron chi connectivity index (χ4n) is 1.88. The van der Waals surface area contributed by atoms with Crippen LogP contribution in [-0.2, 0) is 0 Å². The number of rotatable bonds is 1. The zero-order valence-electron chi connectivity index (χ0n) is 9.27. The van der Waals surface area contributed by atoms with E-state index in [4.69, 9.17) is 5.26 Å². The molecule has 0 spiro atoms. The minimum absolute atomic E-state index is 0.0984. The predicted octanol–water partition coefficient (Wildman–Crippen LogP) is 2.51. The maximum absolute atomic E-state index is 12.0. The fourth-order valence-corrected chi connectivity index (χ4v) is 2.51. The molecule has 1 amide bonds. The summed E-state index contributed by atoms with van der Waals surface area (Å²) in [5.41, 5.74) is 0.524. The summed E-state index contributed by atoms with van der Waals surface area (Å²) < 4.78 is 0. The summed E-state index contributed by atoms with van der Waals surface area (Å²) in [7, 11) is 0. The van der Waals surface area contributed by atoms with Gasteiger partial charge >= 0.3 is 0 Å². The number of amides is 1. The lowest BCUT2D eigenvalue weighted by Crippen LogP contribution is -2.41. The molecule has 0 N–H and O–H groups in total. The second kappa shape index (κ2) is 4.26. The third-order valence-corrected chi connectivity index (χ3v) is 3.88. The Kier molecular flexibility index (Phi) is 2.97. The van der Waals surface area contributed by atoms with Crippen molar-refractivity contribution >= 4 is 17.2 Å². The molecule has 0 saturated carbocycles. The average molecular weight is 234 g/mol. The number of nitriles is 1. The number of nitrogens with zero attached hydrogens (tertiary/aromatic N) is 2. The Morgan fingerprint density at radius 2 is 2.25 bits per heavy atom. The van der Waals surface area contributed by atoms with Crippen LogP contribution in [0.15, 0.2) is 16.8 Å². The van der Waals surface area contributed by atoms with Crippen molar-refractivity contribution in [3.05, 3.63) is 22.4 Å². The first-order valence-electron chi connectivity index (χ1n) is 5.37. The molecule has 0 bridgehead atoms. The predicted molar refractivity (Wildman–Crippen MR) is 63.2 cm³/mol. The molecule has 1 aliphatic heterocycles. The van der Waals surface area contributed by atoms with Gasteiger partial charge in [0.2, 0.25) is 0 Å². The Hall–Kier alpha value is -1.34. The summed E-state index contributed by atoms with van der Waals surface area (Å²) in [6, 6.07) is 4.19. The number of carbonyl (C=O) groups is 1. The normalized spacial score (nSPS) is 19.1. The first kappa shape index (κ1) is 11.2. The van der Waals surface area contributed by atoms with Gasteiger partial charge in [0.1, 0.15) is 0 Å². The molecule has 0 radical (unpaired) electrons. The Bertz CT molecular complexity index is 411. The highest BCUT2D eigenvalue weighted by atomic mass is 32.1. The molecule has 84 valence electrons. The number of hydrogen-bond acceptors (Lipinski definition) is 3. The van der Waals surface area contributed by atoms with E-state index < -0.39 is 0 Å². The van der Waals surface area contributed by atoms with Crippen LogP contribution in [0.2, 0.25) is 0 Å². The van der Waals surface area contributed by atoms with Crippen molar-refractivity contribution in [3.8, 4) is 6.07 Å². The van der Waals surface area contributed by atoms with Gasteiger partial charge in [-0.2, -0.15) is 16.6 Å². The van der Waals surface area contributed by atoms with Gasteiger partial charge in [0.15, 0.2) is 0 Å². The van der Waals surface area contributed by atoms with E-state index >= 15 is 0 Å². The molecule has 0 aliphatic carbocycles. The van der Waals surface area contributed by atoms with Crippen molar-refractivity contribution < 1.29 is 4.79 Å². The molecule has 16 heavy (non-hydrogen) atoms. The lowest BCUT2D eigenvalue weighted by atomic mass is 9.82. The lowest BCUT2D eigenvalue weighted by Gasteiger charge is -2.34. The quantitative estimate of drug-likeness (QED) is 0.749. The van der Waals surface area contributed by atoms with Gasteiger partial charge in [-0.25, -0.2) is 0 Å². The molecule has 1 aromatic rings. The number of likely N-dealkylation sites (tertiary alicyclic amines) is 1. The Labute approximate surface area is 99.3 Å². The van der Waals surface area contributed by atoms with E-state index in [-0.39, 0.29) is 11.3 Å². The van der Waals surface area contributed by atoms with Gasteiger partial charge in [0.05, 0.1) is 17.0 Å². The molecule has 0 unspecified atom stereocenters. The summed E-state index contributed by atoms with van der Waals surface area (Å²) in [4.78, 5) is 13.9. The molecule has 2 rings (SSSR count). The Morgan fingerprint density at radius 3 is 2.75 bits per heavy atom. The summed E-state index contributed by atoms with van der Waals surface area (Å²) in [5.74, 6) is 0.0984. The minimum Gasteiger partial charge on any atom is -0.339 e. The van der Waals surface area contributed by atoms with Crippen LogP contribution in [0.25, 0.3) is 0 Å². The number of carbonyl (C=O) groups excluding carboxylic acids is 1. The van der Waals surface area contributed by atoms with E-state index in [1.165, 1.54) is 11.3 Å². The van der Waals surface area contributed by atoms with Crippen molar-refractivity contribution in [1.82, 2.24) is 4.90 Å². The van der Waals surface area contributed by atoms with Crippen LogP contribution >= 0.6 is 11.3 Å². The van der Waals surface area contributed by atoms with Crippen LogP contribution < -0.4 is 0 Å². The van der Waals surface area contributed by atoms with Gasteiger partial charge < -0.3 is 4.90 Å². The highest BCUT2D eigenvalue weighted by Crippen LogP contribution is 2.30. The van der Waals surface area contributed by atoms with Gasteiger partial charge in [-0.15, -0.1) is 0 Å². The topological polar surface area (TPSA) is 44.1 Å². The average Bonchev–Trinajstić information content (AvgIpc) is 2.83. The van der Waals surface area contributed by atoms with Crippen LogP contribution in [-0.4, -0.2) is 23.9 Å². The van der Waals surface area contributed by atoms with Crippen molar-refractivity contribution in [3.63, 3.8) is 0 Å². The smallest absolute Gasteiger partial charge is 0.254 e. The molecule has 1 fully saturated rings. The summed E-state index contributed by atoms with van der Waals surface area (Å²) >= 11 is 1.54. The molecule has 1 aromatic heterocycles. The molecule has 1 saturated heterocycles. The Balaban J connectivity index is 2.00. The van der Waals surface area contributed by atoms with Gasteiger partial charge in [0.25, 0.3) is 5.91 Å². The van der Waals surface area contributed by atoms with Crippen molar-refractivity contribution in [2.45, 2.75) is 19.8 Å². The van der Waals surface area contributed by atoms with Gasteiger partial charge in [0, 0.05) is 18.5 Å². The van der Waals surface area contributed by atoms with Gasteiger partial charge in [-0.3, -0.25) is 4.79 Å². The zero-order chi connectivity index (χ0) is 11.6. The van der Waals surface area contributed by atoms with E-state index in [2.05, 4.69) is 6.07 Å². The number of hydrogen-bond donors (Lipinski definition) is 0. The third-order valence-electron chi connectivity index (χ3n) is 3.19. The van der Waals surface area contributed by atoms with E-state index in [1.807, 2.05) is 28.7 Å². The Morgan fingerprint density at radius 1 is 1.56 bits per heavy atom. The van der Waals surface area contributed by atoms with E-state index in [0.29, 0.717) is 13.1 Å². The monoisotopic (exact) mass is 234 g/mol. The lowest BCUT2D eigenvalue weighted by molar-refractivity contribution is 0.0662. The standard InChI is InChI=1S/C12H14N2OS/c1-12(9-13)3-5-14(6-4-12)11(15)10-2-7-16-8-10/h2,7-8H,3-6H2,1H3. The second-order valence-corrected chi connectivity index (χ2v) is 5.26. The van der Waals surface area contributed by atoms with Crippen LogP contribution in [0.3, 0.4) is 0 Å². The molecule has 1 aliphatic rings. The van der Waals surface area contributed by atoms with Crippen LogP contribution in [0, 0.1) is 16.7 Å². The molecule has 0 atom stereocenters. The molecular weight excluding hydrogens is 220 g/mol. The first-order valence-corrected chi connectivity index (χ1v) is 6.32. The highest BCUT2D eigenvalue weighted by Gasteiger charge is 2.32. The molecule has 2 heterocycles. The van der Waals surface area contributed by atoms with Crippen molar-refractivity contribution in [2.24, 2.45) is 5.41 Å². The summed E-state index contributed by atoms with van der Waals surface area (Å²) in [5, 5.41) is 12.8. The van der Waals surface area contributed by atoms with E-state index in [1.54, 1.807) is 0 Å². The summed E-state index contributed by atoms with van der Waals surface area (Å²) in [6.45, 7) is 3.36. The third kappa shape index (κ3) is 2.10. The largest absolute Gasteiger partial charge is 0.339 e. The molecular formula is C12H14N2OS. The van der Waals surface area contributed by atoms with Crippen LogP contribution in [0.4, 0.5) is 0 Å². The molecule has 0 aromatic carbocycles. The molecule has 4 heteroatoms. The maximum Gasteiger partial charge on any atom is 0.254 e. The van der Waals surface area contributed by atoms with Gasteiger partial charge in [-0.1, -0.05) is 0 Å². The van der Waals surface area contributed by atoms with Crippen LogP contribution in [0.1, 0.15) is 30.1 Å². The number of thiophene rings is 1. The van der Waals surface area contributed by atoms with Gasteiger partial charge in [-0.05, 0) is 31.2 Å². The highest BCUT2D eigenvalue weighted by molar-refractivity contribution is 7.08. The first-order chi connectivity index (χ1) is 7.64. The molecule has 3 nitrogen and oxygen atoms in total. The zero-order valence-corrected chi connectivity index (χ0v) is 10.1.